The number of hydrogen-bond donors (Lipinski definition) is 2. The standard InChI is InChI=1S/C26H26N2O2S/c1-18(29)19-6-2-9-22(16-19)28-23-10-3-7-20(17-23)25-13-14-26(31-25)24(30)12-4-8-21-11-5-15-27-21/h2-3,6-7,9-11,13-18,28-29H,4-5,8,12H2,1H3. The van der Waals surface area contributed by atoms with Gasteiger partial charge in [0.25, 0.3) is 0 Å². The molecule has 0 aliphatic carbocycles. The molecule has 4 rings (SSSR count). The second-order valence-electron chi connectivity index (χ2n) is 7.69. The number of anilines is 2. The van der Waals surface area contributed by atoms with E-state index in [9.17, 15) is 9.90 Å². The topological polar surface area (TPSA) is 61.7 Å². The van der Waals surface area contributed by atoms with E-state index in [-0.39, 0.29) is 5.78 Å². The molecule has 4 nitrogen and oxygen atoms in total. The van der Waals surface area contributed by atoms with Gasteiger partial charge in [-0.1, -0.05) is 30.3 Å². The molecule has 1 atom stereocenters. The lowest BCUT2D eigenvalue weighted by Crippen LogP contribution is -1.95. The predicted octanol–water partition coefficient (Wildman–Crippen LogP) is 6.92. The van der Waals surface area contributed by atoms with Gasteiger partial charge in [0.2, 0.25) is 0 Å². The van der Waals surface area contributed by atoms with Crippen LogP contribution in [0.25, 0.3) is 10.4 Å². The second kappa shape index (κ2) is 9.86. The van der Waals surface area contributed by atoms with Gasteiger partial charge in [0.15, 0.2) is 5.78 Å². The highest BCUT2D eigenvalue weighted by molar-refractivity contribution is 7.17. The van der Waals surface area contributed by atoms with E-state index >= 15 is 0 Å². The summed E-state index contributed by atoms with van der Waals surface area (Å²) < 4.78 is 0. The molecule has 1 aliphatic rings. The lowest BCUT2D eigenvalue weighted by molar-refractivity contribution is 0.0984. The lowest BCUT2D eigenvalue weighted by atomic mass is 10.1. The van der Waals surface area contributed by atoms with Crippen LogP contribution in [0.15, 0.2) is 77.4 Å². The van der Waals surface area contributed by atoms with Crippen molar-refractivity contribution < 1.29 is 9.90 Å². The number of ketones is 1. The number of nitrogens with one attached hydrogen (secondary N) is 1. The van der Waals surface area contributed by atoms with Gasteiger partial charge in [-0.15, -0.1) is 11.3 Å². The third-order valence-electron chi connectivity index (χ3n) is 5.24. The van der Waals surface area contributed by atoms with Crippen LogP contribution in [-0.4, -0.2) is 17.1 Å². The van der Waals surface area contributed by atoms with Crippen LogP contribution in [0.5, 0.6) is 0 Å². The van der Waals surface area contributed by atoms with Gasteiger partial charge in [0.1, 0.15) is 0 Å². The normalized spacial score (nSPS) is 13.8. The van der Waals surface area contributed by atoms with Gasteiger partial charge >= 0.3 is 0 Å². The Hall–Kier alpha value is -3.02. The highest BCUT2D eigenvalue weighted by Gasteiger charge is 2.12. The first-order valence-electron chi connectivity index (χ1n) is 10.6. The minimum Gasteiger partial charge on any atom is -0.389 e. The van der Waals surface area contributed by atoms with E-state index in [1.54, 1.807) is 18.3 Å². The van der Waals surface area contributed by atoms with Crippen molar-refractivity contribution in [2.75, 3.05) is 5.32 Å². The number of allylic oxidation sites excluding steroid dienone is 2. The minimum atomic E-state index is -0.502. The number of carbonyl (C=O) groups excluding carboxylic acids is 1. The van der Waals surface area contributed by atoms with Crippen LogP contribution in [0.2, 0.25) is 0 Å². The Balaban J connectivity index is 1.41. The Labute approximate surface area is 187 Å². The average molecular weight is 431 g/mol. The smallest absolute Gasteiger partial charge is 0.172 e. The maximum Gasteiger partial charge on any atom is 0.172 e. The molecule has 1 aliphatic heterocycles. The van der Waals surface area contributed by atoms with E-state index in [2.05, 4.69) is 28.5 Å². The summed E-state index contributed by atoms with van der Waals surface area (Å²) in [6.07, 6.45) is 6.69. The molecule has 0 radical (unpaired) electrons. The molecule has 0 spiro atoms. The number of aliphatic hydroxyl groups excluding tert-OH is 1. The zero-order valence-corrected chi connectivity index (χ0v) is 18.4. The van der Waals surface area contributed by atoms with E-state index in [0.29, 0.717) is 6.42 Å². The molecule has 0 saturated heterocycles. The Morgan fingerprint density at radius 3 is 2.71 bits per heavy atom. The number of rotatable bonds is 9. The zero-order chi connectivity index (χ0) is 21.6. The van der Waals surface area contributed by atoms with Crippen molar-refractivity contribution in [3.05, 3.63) is 82.9 Å². The number of aliphatic hydroxyl groups is 1. The number of benzene rings is 2. The SMILES string of the molecule is CC(O)c1cccc(Nc2cccc(-c3ccc(C(=O)CCCC4=CCC=N4)s3)c2)c1. The molecule has 2 N–H and O–H groups in total. The zero-order valence-electron chi connectivity index (χ0n) is 17.5. The highest BCUT2D eigenvalue weighted by atomic mass is 32.1. The molecule has 0 saturated carbocycles. The van der Waals surface area contributed by atoms with Crippen LogP contribution in [0.1, 0.15) is 53.9 Å². The number of nitrogens with zero attached hydrogens (tertiary/aromatic N) is 1. The third-order valence-corrected chi connectivity index (χ3v) is 6.41. The van der Waals surface area contributed by atoms with Crippen LogP contribution in [-0.2, 0) is 0 Å². The van der Waals surface area contributed by atoms with Gasteiger partial charge in [-0.25, -0.2) is 0 Å². The molecule has 2 aromatic carbocycles. The number of thiophene rings is 1. The number of carbonyl (C=O) groups is 1. The largest absolute Gasteiger partial charge is 0.389 e. The van der Waals surface area contributed by atoms with Crippen molar-refractivity contribution in [2.24, 2.45) is 4.99 Å². The summed E-state index contributed by atoms with van der Waals surface area (Å²) in [6, 6.07) is 19.9. The fourth-order valence-electron chi connectivity index (χ4n) is 3.57. The van der Waals surface area contributed by atoms with Crippen molar-refractivity contribution >= 4 is 34.7 Å². The molecular weight excluding hydrogens is 404 g/mol. The molecule has 31 heavy (non-hydrogen) atoms. The van der Waals surface area contributed by atoms with Crippen LogP contribution in [0.4, 0.5) is 11.4 Å². The summed E-state index contributed by atoms with van der Waals surface area (Å²) in [6.45, 7) is 1.76. The summed E-state index contributed by atoms with van der Waals surface area (Å²) in [5.74, 6) is 0.197. The van der Waals surface area contributed by atoms with Crippen molar-refractivity contribution in [3.8, 4) is 10.4 Å². The quantitative estimate of drug-likeness (QED) is 0.362. The van der Waals surface area contributed by atoms with Gasteiger partial charge in [-0.05, 0) is 67.3 Å². The number of aliphatic imine (C=N–C) groups is 1. The van der Waals surface area contributed by atoms with E-state index in [0.717, 1.165) is 57.2 Å². The summed E-state index contributed by atoms with van der Waals surface area (Å²) in [5, 5.41) is 13.2. The average Bonchev–Trinajstić information content (AvgIpc) is 3.46. The molecule has 0 amide bonds. The van der Waals surface area contributed by atoms with E-state index in [4.69, 9.17) is 0 Å². The molecule has 3 aromatic rings. The maximum atomic E-state index is 12.6. The van der Waals surface area contributed by atoms with Crippen LogP contribution in [0, 0.1) is 0 Å². The summed E-state index contributed by atoms with van der Waals surface area (Å²) in [4.78, 5) is 18.8. The summed E-state index contributed by atoms with van der Waals surface area (Å²) in [7, 11) is 0. The van der Waals surface area contributed by atoms with Crippen LogP contribution < -0.4 is 5.32 Å². The Morgan fingerprint density at radius 1 is 1.13 bits per heavy atom. The first-order chi connectivity index (χ1) is 15.1. The van der Waals surface area contributed by atoms with Crippen molar-refractivity contribution in [3.63, 3.8) is 0 Å². The second-order valence-corrected chi connectivity index (χ2v) is 8.77. The Morgan fingerprint density at radius 2 is 1.94 bits per heavy atom. The first kappa shape index (κ1) is 21.2. The summed E-state index contributed by atoms with van der Waals surface area (Å²) in [5.41, 5.74) is 4.94. The monoisotopic (exact) mass is 430 g/mol. The first-order valence-corrected chi connectivity index (χ1v) is 11.4. The van der Waals surface area contributed by atoms with Gasteiger partial charge in [0, 0.05) is 41.0 Å². The number of hydrogen-bond acceptors (Lipinski definition) is 5. The van der Waals surface area contributed by atoms with Gasteiger partial charge < -0.3 is 10.4 Å². The Kier molecular flexibility index (Phi) is 6.75. The molecule has 1 aromatic heterocycles. The minimum absolute atomic E-state index is 0.197. The lowest BCUT2D eigenvalue weighted by Gasteiger charge is -2.11. The fraction of sp³-hybridized carbons (Fsp3) is 0.231. The molecule has 5 heteroatoms. The molecule has 1 unspecified atom stereocenters. The van der Waals surface area contributed by atoms with Crippen molar-refractivity contribution in [1.82, 2.24) is 0 Å². The third kappa shape index (κ3) is 5.57. The van der Waals surface area contributed by atoms with Crippen molar-refractivity contribution in [2.45, 2.75) is 38.7 Å². The molecule has 158 valence electrons. The molecule has 2 heterocycles. The van der Waals surface area contributed by atoms with Crippen LogP contribution >= 0.6 is 11.3 Å². The molecule has 0 bridgehead atoms. The predicted molar refractivity (Wildman–Crippen MR) is 129 cm³/mol. The van der Waals surface area contributed by atoms with Gasteiger partial charge in [-0.3, -0.25) is 9.79 Å². The fourth-order valence-corrected chi connectivity index (χ4v) is 4.54. The Bertz CT molecular complexity index is 1130. The van der Waals surface area contributed by atoms with Gasteiger partial charge in [-0.2, -0.15) is 0 Å². The van der Waals surface area contributed by atoms with Crippen molar-refractivity contribution in [1.29, 1.82) is 0 Å². The number of Topliss-reactive ketones (excluding diaryl/α,β-unsaturated/α-hetero) is 1. The molecule has 0 fully saturated rings. The van der Waals surface area contributed by atoms with E-state index < -0.39 is 6.10 Å². The highest BCUT2D eigenvalue weighted by Crippen LogP contribution is 2.32. The molecular formula is C26H26N2O2S. The van der Waals surface area contributed by atoms with E-state index in [1.807, 2.05) is 54.7 Å². The maximum absolute atomic E-state index is 12.6. The summed E-state index contributed by atoms with van der Waals surface area (Å²) >= 11 is 1.54. The van der Waals surface area contributed by atoms with E-state index in [1.165, 1.54) is 0 Å². The van der Waals surface area contributed by atoms with Gasteiger partial charge in [0.05, 0.1) is 11.0 Å². The van der Waals surface area contributed by atoms with Crippen LogP contribution in [0.3, 0.4) is 0 Å².